The van der Waals surface area contributed by atoms with Crippen molar-refractivity contribution in [2.24, 2.45) is 0 Å². The molecule has 0 aromatic carbocycles. The Hall–Kier alpha value is -1.41. The second kappa shape index (κ2) is 5.61. The lowest BCUT2D eigenvalue weighted by molar-refractivity contribution is 0.596. The molecule has 1 aromatic rings. The van der Waals surface area contributed by atoms with E-state index >= 15 is 0 Å². The highest BCUT2D eigenvalue weighted by atomic mass is 32.2. The average molecular weight is 246 g/mol. The summed E-state index contributed by atoms with van der Waals surface area (Å²) in [6, 6.07) is 2.52. The molecule has 0 fully saturated rings. The van der Waals surface area contributed by atoms with Gasteiger partial charge < -0.3 is 5.32 Å². The molecule has 0 spiro atoms. The van der Waals surface area contributed by atoms with E-state index in [1.54, 1.807) is 7.05 Å². The first-order valence-corrected chi connectivity index (χ1v) is 6.39. The largest absolute Gasteiger partial charge is 0.320 e. The van der Waals surface area contributed by atoms with E-state index in [4.69, 9.17) is 0 Å². The van der Waals surface area contributed by atoms with E-state index in [2.05, 4.69) is 20.2 Å². The van der Waals surface area contributed by atoms with Gasteiger partial charge in [-0.2, -0.15) is 5.10 Å². The molecule has 0 saturated heterocycles. The van der Waals surface area contributed by atoms with E-state index in [1.807, 2.05) is 0 Å². The average Bonchev–Trinajstić information content (AvgIpc) is 2.21. The van der Waals surface area contributed by atoms with Crippen molar-refractivity contribution in [2.75, 3.05) is 24.1 Å². The summed E-state index contributed by atoms with van der Waals surface area (Å²) in [7, 11) is -1.64. The number of hydrogen-bond donors (Lipinski definition) is 3. The number of H-pyrrole nitrogens is 1. The van der Waals surface area contributed by atoms with Crippen LogP contribution in [0.25, 0.3) is 0 Å². The molecule has 1 heterocycles. The summed E-state index contributed by atoms with van der Waals surface area (Å²) in [5.74, 6) is 0.123. The molecule has 0 amide bonds. The third-order valence-corrected chi connectivity index (χ3v) is 3.13. The van der Waals surface area contributed by atoms with E-state index < -0.39 is 10.0 Å². The first-order valence-electron chi connectivity index (χ1n) is 4.74. The monoisotopic (exact) mass is 246 g/mol. The van der Waals surface area contributed by atoms with Gasteiger partial charge in [0.15, 0.2) is 5.82 Å². The number of anilines is 1. The van der Waals surface area contributed by atoms with Crippen LogP contribution in [0.5, 0.6) is 0 Å². The van der Waals surface area contributed by atoms with Crippen LogP contribution in [0.2, 0.25) is 0 Å². The van der Waals surface area contributed by atoms with Gasteiger partial charge in [-0.3, -0.25) is 9.52 Å². The molecule has 0 saturated carbocycles. The molecule has 7 nitrogen and oxygen atoms in total. The summed E-state index contributed by atoms with van der Waals surface area (Å²) in [4.78, 5) is 10.7. The Morgan fingerprint density at radius 1 is 1.44 bits per heavy atom. The first kappa shape index (κ1) is 12.7. The van der Waals surface area contributed by atoms with Crippen molar-refractivity contribution in [3.8, 4) is 0 Å². The van der Waals surface area contributed by atoms with Crippen molar-refractivity contribution < 1.29 is 8.42 Å². The van der Waals surface area contributed by atoms with Gasteiger partial charge in [-0.05, 0) is 26.1 Å². The smallest absolute Gasteiger partial charge is 0.264 e. The van der Waals surface area contributed by atoms with Crippen LogP contribution in [0.4, 0.5) is 5.82 Å². The van der Waals surface area contributed by atoms with Crippen LogP contribution in [-0.4, -0.2) is 38.0 Å². The van der Waals surface area contributed by atoms with E-state index in [0.717, 1.165) is 0 Å². The van der Waals surface area contributed by atoms with Gasteiger partial charge in [-0.1, -0.05) is 0 Å². The van der Waals surface area contributed by atoms with E-state index in [-0.39, 0.29) is 17.1 Å². The van der Waals surface area contributed by atoms with Gasteiger partial charge in [0.2, 0.25) is 10.0 Å². The molecule has 0 aliphatic rings. The molecule has 0 aliphatic carbocycles. The van der Waals surface area contributed by atoms with Crippen LogP contribution >= 0.6 is 0 Å². The minimum Gasteiger partial charge on any atom is -0.320 e. The quantitative estimate of drug-likeness (QED) is 0.565. The molecular weight excluding hydrogens is 232 g/mol. The molecule has 0 bridgehead atoms. The lowest BCUT2D eigenvalue weighted by Gasteiger charge is -2.05. The van der Waals surface area contributed by atoms with Gasteiger partial charge in [0.1, 0.15) is 0 Å². The summed E-state index contributed by atoms with van der Waals surface area (Å²) >= 11 is 0. The second-order valence-electron chi connectivity index (χ2n) is 3.18. The van der Waals surface area contributed by atoms with Crippen LogP contribution in [0.15, 0.2) is 16.9 Å². The van der Waals surface area contributed by atoms with Crippen LogP contribution < -0.4 is 15.6 Å². The normalized spacial score (nSPS) is 11.3. The van der Waals surface area contributed by atoms with E-state index in [1.165, 1.54) is 12.1 Å². The summed E-state index contributed by atoms with van der Waals surface area (Å²) in [6.45, 7) is 0.625. The van der Waals surface area contributed by atoms with Crippen molar-refractivity contribution in [1.82, 2.24) is 15.5 Å². The Balaban J connectivity index is 2.58. The lowest BCUT2D eigenvalue weighted by atomic mass is 10.5. The number of nitrogens with zero attached hydrogens (tertiary/aromatic N) is 1. The van der Waals surface area contributed by atoms with Gasteiger partial charge in [0, 0.05) is 6.07 Å². The molecule has 0 radical (unpaired) electrons. The van der Waals surface area contributed by atoms with Crippen molar-refractivity contribution in [2.45, 2.75) is 6.42 Å². The maximum Gasteiger partial charge on any atom is 0.264 e. The molecule has 90 valence electrons. The minimum atomic E-state index is -3.39. The first-order chi connectivity index (χ1) is 7.53. The predicted octanol–water partition coefficient (Wildman–Crippen LogP) is -0.879. The highest BCUT2D eigenvalue weighted by Gasteiger charge is 2.10. The summed E-state index contributed by atoms with van der Waals surface area (Å²) < 4.78 is 25.2. The standard InChI is InChI=1S/C8H14N4O3S/c1-9-5-2-6-16(14,15)12-7-3-4-8(13)11-10-7/h3-4,9H,2,5-6H2,1H3,(H,10,12)(H,11,13). The Kier molecular flexibility index (Phi) is 4.44. The number of sulfonamides is 1. The van der Waals surface area contributed by atoms with Crippen molar-refractivity contribution >= 4 is 15.8 Å². The Bertz CT molecular complexity index is 462. The van der Waals surface area contributed by atoms with Gasteiger partial charge in [-0.15, -0.1) is 0 Å². The minimum absolute atomic E-state index is 0.00858. The van der Waals surface area contributed by atoms with Crippen molar-refractivity contribution in [3.05, 3.63) is 22.5 Å². The molecule has 1 rings (SSSR count). The Labute approximate surface area is 93.3 Å². The molecule has 8 heteroatoms. The van der Waals surface area contributed by atoms with Crippen molar-refractivity contribution in [3.63, 3.8) is 0 Å². The lowest BCUT2D eigenvalue weighted by Crippen LogP contribution is -2.21. The highest BCUT2D eigenvalue weighted by molar-refractivity contribution is 7.92. The third-order valence-electron chi connectivity index (χ3n) is 1.78. The number of aromatic nitrogens is 2. The number of aromatic amines is 1. The third kappa shape index (κ3) is 4.41. The molecule has 3 N–H and O–H groups in total. The van der Waals surface area contributed by atoms with Gasteiger partial charge >= 0.3 is 0 Å². The molecule has 1 aromatic heterocycles. The van der Waals surface area contributed by atoms with Crippen LogP contribution in [-0.2, 0) is 10.0 Å². The van der Waals surface area contributed by atoms with Gasteiger partial charge in [-0.25, -0.2) is 13.5 Å². The molecule has 0 unspecified atom stereocenters. The fourth-order valence-electron chi connectivity index (χ4n) is 1.05. The second-order valence-corrected chi connectivity index (χ2v) is 5.03. The molecule has 0 aliphatic heterocycles. The molecular formula is C8H14N4O3S. The van der Waals surface area contributed by atoms with Gasteiger partial charge in [0.25, 0.3) is 5.56 Å². The van der Waals surface area contributed by atoms with Crippen LogP contribution in [0.1, 0.15) is 6.42 Å². The molecule has 16 heavy (non-hydrogen) atoms. The maximum absolute atomic E-state index is 11.5. The number of hydrogen-bond acceptors (Lipinski definition) is 5. The number of rotatable bonds is 6. The van der Waals surface area contributed by atoms with E-state index in [9.17, 15) is 13.2 Å². The summed E-state index contributed by atoms with van der Waals surface area (Å²) in [5.41, 5.74) is -0.377. The zero-order valence-corrected chi connectivity index (χ0v) is 9.67. The topological polar surface area (TPSA) is 104 Å². The predicted molar refractivity (Wildman–Crippen MR) is 60.8 cm³/mol. The number of nitrogens with one attached hydrogen (secondary N) is 3. The zero-order chi connectivity index (χ0) is 12.0. The van der Waals surface area contributed by atoms with Gasteiger partial charge in [0.05, 0.1) is 5.75 Å². The van der Waals surface area contributed by atoms with Crippen LogP contribution in [0, 0.1) is 0 Å². The summed E-state index contributed by atoms with van der Waals surface area (Å²) in [6.07, 6.45) is 0.509. The van der Waals surface area contributed by atoms with E-state index in [0.29, 0.717) is 13.0 Å². The van der Waals surface area contributed by atoms with Crippen molar-refractivity contribution in [1.29, 1.82) is 0 Å². The SMILES string of the molecule is CNCCCS(=O)(=O)Nc1ccc(=O)[nH]n1. The maximum atomic E-state index is 11.5. The fraction of sp³-hybridized carbons (Fsp3) is 0.500. The Morgan fingerprint density at radius 3 is 2.75 bits per heavy atom. The van der Waals surface area contributed by atoms with Crippen LogP contribution in [0.3, 0.4) is 0 Å². The Morgan fingerprint density at radius 2 is 2.19 bits per heavy atom. The molecule has 0 atom stereocenters. The zero-order valence-electron chi connectivity index (χ0n) is 8.86. The fourth-order valence-corrected chi connectivity index (χ4v) is 2.11. The summed E-state index contributed by atoms with van der Waals surface area (Å²) in [5, 5.41) is 8.55. The highest BCUT2D eigenvalue weighted by Crippen LogP contribution is 2.01.